The summed E-state index contributed by atoms with van der Waals surface area (Å²) in [6, 6.07) is 1.33. The molecule has 0 bridgehead atoms. The summed E-state index contributed by atoms with van der Waals surface area (Å²) in [5.74, 6) is -0.649. The number of nitrogens with zero attached hydrogens (tertiary/aromatic N) is 2. The molecule has 2 aliphatic rings. The second-order valence-corrected chi connectivity index (χ2v) is 6.79. The smallest absolute Gasteiger partial charge is 0.332 e. The van der Waals surface area contributed by atoms with Crippen molar-refractivity contribution in [2.75, 3.05) is 0 Å². The van der Waals surface area contributed by atoms with Gasteiger partial charge < -0.3 is 14.9 Å². The van der Waals surface area contributed by atoms with Crippen molar-refractivity contribution in [1.82, 2.24) is 9.47 Å². The molecule has 0 fully saturated rings. The Morgan fingerprint density at radius 3 is 2.65 bits per heavy atom. The first-order valence-corrected chi connectivity index (χ1v) is 8.57. The van der Waals surface area contributed by atoms with Crippen LogP contribution >= 0.6 is 0 Å². The summed E-state index contributed by atoms with van der Waals surface area (Å²) in [5, 5.41) is 7.63. The molecule has 0 saturated heterocycles. The molecule has 3 rings (SSSR count). The van der Waals surface area contributed by atoms with Gasteiger partial charge in [-0.05, 0) is 18.6 Å². The van der Waals surface area contributed by atoms with Crippen LogP contribution < -0.4 is 5.56 Å². The Morgan fingerprint density at radius 2 is 2.08 bits per heavy atom. The molecule has 1 aromatic rings. The highest BCUT2D eigenvalue weighted by atomic mass is 19.4. The zero-order chi connectivity index (χ0) is 19.1. The summed E-state index contributed by atoms with van der Waals surface area (Å²) in [7, 11) is 0. The van der Waals surface area contributed by atoms with Gasteiger partial charge in [0.15, 0.2) is 0 Å². The third-order valence-corrected chi connectivity index (χ3v) is 4.90. The molecular formula is C18H20F3N3O2. The summed E-state index contributed by atoms with van der Waals surface area (Å²) in [5.41, 5.74) is -1.12. The molecule has 1 aromatic heterocycles. The van der Waals surface area contributed by atoms with Crippen LogP contribution in [0, 0.1) is 11.3 Å². The van der Waals surface area contributed by atoms with E-state index >= 15 is 0 Å². The lowest BCUT2D eigenvalue weighted by molar-refractivity contribution is -0.138. The SMILES string of the molecule is CCCC1Cn2c(cc(C(F)(F)F)cc2=O)CN1C(=O)C1C=CC(=N)C1. The van der Waals surface area contributed by atoms with Gasteiger partial charge in [-0.3, -0.25) is 9.59 Å². The van der Waals surface area contributed by atoms with Crippen molar-refractivity contribution in [2.45, 2.75) is 51.5 Å². The Morgan fingerprint density at radius 1 is 1.35 bits per heavy atom. The molecule has 0 spiro atoms. The summed E-state index contributed by atoms with van der Waals surface area (Å²) in [4.78, 5) is 26.6. The Kier molecular flexibility index (Phi) is 4.77. The highest BCUT2D eigenvalue weighted by Gasteiger charge is 2.37. The average molecular weight is 367 g/mol. The van der Waals surface area contributed by atoms with Gasteiger partial charge in [-0.15, -0.1) is 0 Å². The fraction of sp³-hybridized carbons (Fsp3) is 0.500. The summed E-state index contributed by atoms with van der Waals surface area (Å²) >= 11 is 0. The van der Waals surface area contributed by atoms with E-state index in [1.807, 2.05) is 6.92 Å². The van der Waals surface area contributed by atoms with E-state index in [-0.39, 0.29) is 30.7 Å². The van der Waals surface area contributed by atoms with Crippen LogP contribution in [0.2, 0.25) is 0 Å². The predicted molar refractivity (Wildman–Crippen MR) is 89.9 cm³/mol. The molecule has 5 nitrogen and oxygen atoms in total. The van der Waals surface area contributed by atoms with Crippen LogP contribution in [0.25, 0.3) is 0 Å². The number of allylic oxidation sites excluding steroid dienone is 1. The third kappa shape index (κ3) is 3.45. The maximum absolute atomic E-state index is 13.0. The summed E-state index contributed by atoms with van der Waals surface area (Å²) in [6.07, 6.45) is 0.405. The molecular weight excluding hydrogens is 347 g/mol. The Balaban J connectivity index is 1.96. The Hall–Kier alpha value is -2.38. The molecule has 140 valence electrons. The van der Waals surface area contributed by atoms with E-state index in [2.05, 4.69) is 0 Å². The second-order valence-electron chi connectivity index (χ2n) is 6.79. The van der Waals surface area contributed by atoms with Crippen molar-refractivity contribution in [3.8, 4) is 0 Å². The molecule has 0 saturated carbocycles. The van der Waals surface area contributed by atoms with Crippen molar-refractivity contribution in [2.24, 2.45) is 5.92 Å². The number of amides is 1. The molecule has 0 aromatic carbocycles. The van der Waals surface area contributed by atoms with Crippen molar-refractivity contribution in [3.63, 3.8) is 0 Å². The molecule has 26 heavy (non-hydrogen) atoms. The topological polar surface area (TPSA) is 66.2 Å². The van der Waals surface area contributed by atoms with E-state index in [4.69, 9.17) is 5.41 Å². The van der Waals surface area contributed by atoms with E-state index in [0.717, 1.165) is 12.5 Å². The zero-order valence-corrected chi connectivity index (χ0v) is 14.3. The maximum Gasteiger partial charge on any atom is 0.416 e. The lowest BCUT2D eigenvalue weighted by Gasteiger charge is -2.39. The minimum absolute atomic E-state index is 0.0274. The van der Waals surface area contributed by atoms with E-state index in [1.165, 1.54) is 4.57 Å². The van der Waals surface area contributed by atoms with E-state index in [0.29, 0.717) is 24.6 Å². The average Bonchev–Trinajstić information content (AvgIpc) is 3.00. The number of fused-ring (bicyclic) bond motifs is 1. The molecule has 2 heterocycles. The largest absolute Gasteiger partial charge is 0.416 e. The molecule has 1 aliphatic carbocycles. The molecule has 1 amide bonds. The summed E-state index contributed by atoms with van der Waals surface area (Å²) < 4.78 is 40.4. The Bertz CT molecular complexity index is 826. The number of hydrogen-bond acceptors (Lipinski definition) is 3. The fourth-order valence-corrected chi connectivity index (χ4v) is 3.59. The fourth-order valence-electron chi connectivity index (χ4n) is 3.59. The number of hydrogen-bond donors (Lipinski definition) is 1. The number of carbonyl (C=O) groups excluding carboxylic acids is 1. The summed E-state index contributed by atoms with van der Waals surface area (Å²) in [6.45, 7) is 2.12. The van der Waals surface area contributed by atoms with Gasteiger partial charge in [0.25, 0.3) is 5.56 Å². The van der Waals surface area contributed by atoms with E-state index in [9.17, 15) is 22.8 Å². The molecule has 2 unspecified atom stereocenters. The minimum Gasteiger partial charge on any atom is -0.332 e. The van der Waals surface area contributed by atoms with Crippen molar-refractivity contribution in [1.29, 1.82) is 5.41 Å². The first-order valence-electron chi connectivity index (χ1n) is 8.57. The molecule has 8 heteroatoms. The van der Waals surface area contributed by atoms with Crippen molar-refractivity contribution < 1.29 is 18.0 Å². The minimum atomic E-state index is -4.60. The van der Waals surface area contributed by atoms with Gasteiger partial charge in [-0.25, -0.2) is 0 Å². The van der Waals surface area contributed by atoms with Gasteiger partial charge >= 0.3 is 6.18 Å². The number of aromatic nitrogens is 1. The monoisotopic (exact) mass is 367 g/mol. The van der Waals surface area contributed by atoms with Crippen molar-refractivity contribution >= 4 is 11.6 Å². The van der Waals surface area contributed by atoms with Crippen LogP contribution in [0.1, 0.15) is 37.4 Å². The van der Waals surface area contributed by atoms with Gasteiger partial charge in [-0.1, -0.05) is 19.4 Å². The van der Waals surface area contributed by atoms with Gasteiger partial charge in [0.1, 0.15) is 0 Å². The van der Waals surface area contributed by atoms with Crippen molar-refractivity contribution in [3.05, 3.63) is 45.9 Å². The predicted octanol–water partition coefficient (Wildman–Crippen LogP) is 2.97. The van der Waals surface area contributed by atoms with Crippen LogP contribution in [0.15, 0.2) is 29.1 Å². The number of rotatable bonds is 3. The van der Waals surface area contributed by atoms with Gasteiger partial charge in [-0.2, -0.15) is 13.2 Å². The number of halogens is 3. The molecule has 1 N–H and O–H groups in total. The van der Waals surface area contributed by atoms with Gasteiger partial charge in [0.05, 0.1) is 24.1 Å². The van der Waals surface area contributed by atoms with Crippen LogP contribution in [0.5, 0.6) is 0 Å². The normalized spacial score (nSPS) is 22.6. The first-order chi connectivity index (χ1) is 12.2. The third-order valence-electron chi connectivity index (χ3n) is 4.90. The van der Waals surface area contributed by atoms with E-state index < -0.39 is 23.2 Å². The molecule has 2 atom stereocenters. The standard InChI is InChI=1S/C18H20F3N3O2/c1-2-3-14-9-23-15(7-12(8-16(23)25)18(19,20)21)10-24(14)17(26)11-4-5-13(22)6-11/h4-5,7-8,11,14,22H,2-3,6,9-10H2,1H3. The highest BCUT2D eigenvalue weighted by molar-refractivity contribution is 6.00. The van der Waals surface area contributed by atoms with Gasteiger partial charge in [0, 0.05) is 30.4 Å². The number of carbonyl (C=O) groups is 1. The quantitative estimate of drug-likeness (QED) is 0.893. The highest BCUT2D eigenvalue weighted by Crippen LogP contribution is 2.31. The molecule has 1 aliphatic heterocycles. The lowest BCUT2D eigenvalue weighted by Crippen LogP contribution is -2.50. The number of alkyl halides is 3. The molecule has 0 radical (unpaired) electrons. The van der Waals surface area contributed by atoms with Gasteiger partial charge in [0.2, 0.25) is 5.91 Å². The number of pyridine rings is 1. The van der Waals surface area contributed by atoms with Crippen LogP contribution in [-0.2, 0) is 24.1 Å². The zero-order valence-electron chi connectivity index (χ0n) is 14.3. The Labute approximate surface area is 148 Å². The second kappa shape index (κ2) is 6.74. The van der Waals surface area contributed by atoms with Crippen LogP contribution in [-0.4, -0.2) is 27.1 Å². The lowest BCUT2D eigenvalue weighted by atomic mass is 10.0. The van der Waals surface area contributed by atoms with E-state index in [1.54, 1.807) is 17.1 Å². The van der Waals surface area contributed by atoms with Crippen LogP contribution in [0.3, 0.4) is 0 Å². The maximum atomic E-state index is 13.0. The number of nitrogens with one attached hydrogen (secondary N) is 1. The first kappa shape index (κ1) is 18.4. The van der Waals surface area contributed by atoms with Crippen LogP contribution in [0.4, 0.5) is 13.2 Å².